The molecule has 0 radical (unpaired) electrons. The lowest BCUT2D eigenvalue weighted by atomic mass is 10.1. The van der Waals surface area contributed by atoms with Gasteiger partial charge in [-0.05, 0) is 44.5 Å². The van der Waals surface area contributed by atoms with Crippen molar-refractivity contribution in [2.75, 3.05) is 13.1 Å². The van der Waals surface area contributed by atoms with E-state index in [-0.39, 0.29) is 23.8 Å². The Morgan fingerprint density at radius 3 is 2.44 bits per heavy atom. The van der Waals surface area contributed by atoms with Crippen LogP contribution in [0.5, 0.6) is 0 Å². The first-order chi connectivity index (χ1) is 8.45. The standard InChI is InChI=1S/C14H19FN2O/c1-9-4-12(6-13(15)5-9)14(18)17-7-10(2)16-11(3)8-17/h4-6,10-11,16H,7-8H2,1-3H3/t10-,11+. The highest BCUT2D eigenvalue weighted by Crippen LogP contribution is 2.13. The molecule has 1 aromatic carbocycles. The second kappa shape index (κ2) is 5.06. The van der Waals surface area contributed by atoms with Gasteiger partial charge in [-0.3, -0.25) is 4.79 Å². The van der Waals surface area contributed by atoms with Crippen LogP contribution in [-0.4, -0.2) is 36.0 Å². The van der Waals surface area contributed by atoms with Gasteiger partial charge in [0, 0.05) is 30.7 Å². The van der Waals surface area contributed by atoms with Crippen LogP contribution in [-0.2, 0) is 0 Å². The number of hydrogen-bond acceptors (Lipinski definition) is 2. The van der Waals surface area contributed by atoms with Gasteiger partial charge >= 0.3 is 0 Å². The summed E-state index contributed by atoms with van der Waals surface area (Å²) in [5.41, 5.74) is 1.21. The Hall–Kier alpha value is -1.42. The van der Waals surface area contributed by atoms with Crippen LogP contribution < -0.4 is 5.32 Å². The van der Waals surface area contributed by atoms with Gasteiger partial charge in [0.15, 0.2) is 0 Å². The van der Waals surface area contributed by atoms with E-state index >= 15 is 0 Å². The molecule has 1 aliphatic rings. The molecule has 1 heterocycles. The molecule has 1 aromatic rings. The minimum Gasteiger partial charge on any atom is -0.336 e. The third kappa shape index (κ3) is 2.88. The number of rotatable bonds is 1. The van der Waals surface area contributed by atoms with Gasteiger partial charge < -0.3 is 10.2 Å². The lowest BCUT2D eigenvalue weighted by Crippen LogP contribution is -2.55. The van der Waals surface area contributed by atoms with E-state index < -0.39 is 0 Å². The summed E-state index contributed by atoms with van der Waals surface area (Å²) in [6.07, 6.45) is 0. The van der Waals surface area contributed by atoms with Gasteiger partial charge in [-0.2, -0.15) is 0 Å². The number of carbonyl (C=O) groups excluding carboxylic acids is 1. The summed E-state index contributed by atoms with van der Waals surface area (Å²) >= 11 is 0. The van der Waals surface area contributed by atoms with Crippen molar-refractivity contribution in [1.82, 2.24) is 10.2 Å². The van der Waals surface area contributed by atoms with Crippen LogP contribution in [0.25, 0.3) is 0 Å². The van der Waals surface area contributed by atoms with Crippen molar-refractivity contribution >= 4 is 5.91 Å². The highest BCUT2D eigenvalue weighted by Gasteiger charge is 2.25. The van der Waals surface area contributed by atoms with Gasteiger partial charge in [-0.1, -0.05) is 0 Å². The highest BCUT2D eigenvalue weighted by atomic mass is 19.1. The fraction of sp³-hybridized carbons (Fsp3) is 0.500. The maximum Gasteiger partial charge on any atom is 0.254 e. The zero-order valence-electron chi connectivity index (χ0n) is 11.0. The predicted molar refractivity (Wildman–Crippen MR) is 69.1 cm³/mol. The quantitative estimate of drug-likeness (QED) is 0.826. The normalized spacial score (nSPS) is 24.1. The Bertz CT molecular complexity index is 431. The van der Waals surface area contributed by atoms with E-state index in [1.165, 1.54) is 12.1 Å². The van der Waals surface area contributed by atoms with E-state index in [0.29, 0.717) is 18.7 Å². The molecule has 98 valence electrons. The highest BCUT2D eigenvalue weighted by molar-refractivity contribution is 5.94. The molecule has 0 saturated carbocycles. The number of piperazine rings is 1. The molecular weight excluding hydrogens is 231 g/mol. The molecule has 0 aliphatic carbocycles. The fourth-order valence-corrected chi connectivity index (χ4v) is 2.54. The second-order valence-electron chi connectivity index (χ2n) is 5.20. The Balaban J connectivity index is 2.20. The van der Waals surface area contributed by atoms with Crippen molar-refractivity contribution in [3.63, 3.8) is 0 Å². The maximum atomic E-state index is 13.3. The second-order valence-corrected chi connectivity index (χ2v) is 5.20. The van der Waals surface area contributed by atoms with Gasteiger partial charge in [0.05, 0.1) is 0 Å². The van der Waals surface area contributed by atoms with E-state index in [1.54, 1.807) is 17.9 Å². The average molecular weight is 250 g/mol. The molecule has 1 saturated heterocycles. The Morgan fingerprint density at radius 2 is 1.89 bits per heavy atom. The summed E-state index contributed by atoms with van der Waals surface area (Å²) < 4.78 is 13.3. The summed E-state index contributed by atoms with van der Waals surface area (Å²) in [7, 11) is 0. The van der Waals surface area contributed by atoms with Crippen LogP contribution in [0.1, 0.15) is 29.8 Å². The molecule has 1 N–H and O–H groups in total. The molecule has 1 aliphatic heterocycles. The number of halogens is 1. The van der Waals surface area contributed by atoms with Crippen LogP contribution >= 0.6 is 0 Å². The summed E-state index contributed by atoms with van der Waals surface area (Å²) in [5.74, 6) is -0.438. The lowest BCUT2D eigenvalue weighted by Gasteiger charge is -2.36. The summed E-state index contributed by atoms with van der Waals surface area (Å²) in [6.45, 7) is 7.22. The number of hydrogen-bond donors (Lipinski definition) is 1. The predicted octanol–water partition coefficient (Wildman–Crippen LogP) is 1.96. The SMILES string of the molecule is Cc1cc(F)cc(C(=O)N2C[C@@H](C)N[C@@H](C)C2)c1. The molecule has 0 spiro atoms. The van der Waals surface area contributed by atoms with Crippen molar-refractivity contribution in [2.45, 2.75) is 32.9 Å². The average Bonchev–Trinajstić information content (AvgIpc) is 2.25. The minimum absolute atomic E-state index is 0.0854. The van der Waals surface area contributed by atoms with Gasteiger partial charge in [0.2, 0.25) is 0 Å². The molecule has 18 heavy (non-hydrogen) atoms. The van der Waals surface area contributed by atoms with Crippen LogP contribution in [0.3, 0.4) is 0 Å². The molecule has 0 unspecified atom stereocenters. The third-order valence-corrected chi connectivity index (χ3v) is 3.13. The number of amides is 1. The molecular formula is C14H19FN2O. The van der Waals surface area contributed by atoms with Crippen molar-refractivity contribution in [3.05, 3.63) is 35.1 Å². The maximum absolute atomic E-state index is 13.3. The minimum atomic E-state index is -0.352. The van der Waals surface area contributed by atoms with Gasteiger partial charge in [-0.25, -0.2) is 4.39 Å². The zero-order chi connectivity index (χ0) is 13.3. The fourth-order valence-electron chi connectivity index (χ4n) is 2.54. The van der Waals surface area contributed by atoms with Crippen molar-refractivity contribution < 1.29 is 9.18 Å². The van der Waals surface area contributed by atoms with Crippen LogP contribution in [0.15, 0.2) is 18.2 Å². The van der Waals surface area contributed by atoms with E-state index in [0.717, 1.165) is 5.56 Å². The number of nitrogens with zero attached hydrogens (tertiary/aromatic N) is 1. The molecule has 4 heteroatoms. The number of carbonyl (C=O) groups is 1. The molecule has 3 nitrogen and oxygen atoms in total. The van der Waals surface area contributed by atoms with E-state index in [4.69, 9.17) is 0 Å². The number of benzene rings is 1. The first-order valence-corrected chi connectivity index (χ1v) is 6.28. The molecule has 2 atom stereocenters. The first-order valence-electron chi connectivity index (χ1n) is 6.28. The Morgan fingerprint density at radius 1 is 1.28 bits per heavy atom. The van der Waals surface area contributed by atoms with Crippen molar-refractivity contribution in [2.24, 2.45) is 0 Å². The molecule has 1 fully saturated rings. The van der Waals surface area contributed by atoms with Gasteiger partial charge in [0.25, 0.3) is 5.91 Å². The zero-order valence-corrected chi connectivity index (χ0v) is 11.0. The van der Waals surface area contributed by atoms with Crippen molar-refractivity contribution in [3.8, 4) is 0 Å². The van der Waals surface area contributed by atoms with Gasteiger partial charge in [-0.15, -0.1) is 0 Å². The first kappa shape index (κ1) is 13.0. The van der Waals surface area contributed by atoms with Crippen molar-refractivity contribution in [1.29, 1.82) is 0 Å². The molecule has 1 amide bonds. The van der Waals surface area contributed by atoms with Crippen LogP contribution in [0, 0.1) is 12.7 Å². The van der Waals surface area contributed by atoms with E-state index in [2.05, 4.69) is 5.32 Å². The van der Waals surface area contributed by atoms with Crippen LogP contribution in [0.2, 0.25) is 0 Å². The molecule has 0 bridgehead atoms. The van der Waals surface area contributed by atoms with Gasteiger partial charge in [0.1, 0.15) is 5.82 Å². The van der Waals surface area contributed by atoms with E-state index in [1.807, 2.05) is 13.8 Å². The molecule has 0 aromatic heterocycles. The molecule has 2 rings (SSSR count). The lowest BCUT2D eigenvalue weighted by molar-refractivity contribution is 0.0673. The Labute approximate surface area is 107 Å². The number of aryl methyl sites for hydroxylation is 1. The van der Waals surface area contributed by atoms with E-state index in [9.17, 15) is 9.18 Å². The monoisotopic (exact) mass is 250 g/mol. The Kier molecular flexibility index (Phi) is 3.66. The summed E-state index contributed by atoms with van der Waals surface area (Å²) in [4.78, 5) is 14.1. The summed E-state index contributed by atoms with van der Waals surface area (Å²) in [5, 5.41) is 3.37. The smallest absolute Gasteiger partial charge is 0.254 e. The van der Waals surface area contributed by atoms with Crippen LogP contribution in [0.4, 0.5) is 4.39 Å². The number of nitrogens with one attached hydrogen (secondary N) is 1. The topological polar surface area (TPSA) is 32.3 Å². The third-order valence-electron chi connectivity index (χ3n) is 3.13. The largest absolute Gasteiger partial charge is 0.336 e. The summed E-state index contributed by atoms with van der Waals surface area (Å²) in [6, 6.07) is 5.02.